The van der Waals surface area contributed by atoms with Crippen LogP contribution in [0.3, 0.4) is 0 Å². The van der Waals surface area contributed by atoms with Crippen LogP contribution in [0.4, 0.5) is 19.0 Å². The summed E-state index contributed by atoms with van der Waals surface area (Å²) in [5, 5.41) is 4.87. The van der Waals surface area contributed by atoms with E-state index in [1.807, 2.05) is 17.7 Å². The SMILES string of the molecule is CCn1cc(C(F)(F)F)nc1-c1ccc(N2CCc3c(C)nn(-c4c(OC)ncnc4C4CC4)c3C2)nc1. The Morgan fingerprint density at radius 1 is 1.13 bits per heavy atom. The summed E-state index contributed by atoms with van der Waals surface area (Å²) < 4.78 is 48.7. The van der Waals surface area contributed by atoms with E-state index in [1.54, 1.807) is 26.3 Å². The van der Waals surface area contributed by atoms with Crippen LogP contribution >= 0.6 is 0 Å². The van der Waals surface area contributed by atoms with E-state index in [9.17, 15) is 13.2 Å². The fourth-order valence-corrected chi connectivity index (χ4v) is 5.09. The highest BCUT2D eigenvalue weighted by Crippen LogP contribution is 2.44. The summed E-state index contributed by atoms with van der Waals surface area (Å²) in [7, 11) is 1.60. The molecule has 12 heteroatoms. The number of rotatable bonds is 6. The van der Waals surface area contributed by atoms with E-state index in [4.69, 9.17) is 9.84 Å². The molecule has 4 aromatic rings. The highest BCUT2D eigenvalue weighted by Gasteiger charge is 2.35. The molecule has 1 aliphatic carbocycles. The van der Waals surface area contributed by atoms with Crippen molar-refractivity contribution in [3.63, 3.8) is 0 Å². The highest BCUT2D eigenvalue weighted by molar-refractivity contribution is 5.58. The minimum absolute atomic E-state index is 0.247. The molecule has 4 aromatic heterocycles. The summed E-state index contributed by atoms with van der Waals surface area (Å²) in [4.78, 5) is 19.5. The zero-order valence-electron chi connectivity index (χ0n) is 21.3. The lowest BCUT2D eigenvalue weighted by Crippen LogP contribution is -2.32. The van der Waals surface area contributed by atoms with E-state index in [1.165, 1.54) is 16.5 Å². The van der Waals surface area contributed by atoms with Crippen LogP contribution in [0, 0.1) is 6.92 Å². The van der Waals surface area contributed by atoms with Gasteiger partial charge in [-0.25, -0.2) is 19.6 Å². The van der Waals surface area contributed by atoms with Crippen molar-refractivity contribution < 1.29 is 17.9 Å². The molecule has 9 nitrogen and oxygen atoms in total. The lowest BCUT2D eigenvalue weighted by molar-refractivity contribution is -0.140. The van der Waals surface area contributed by atoms with E-state index in [0.29, 0.717) is 30.5 Å². The topological polar surface area (TPSA) is 86.8 Å². The summed E-state index contributed by atoms with van der Waals surface area (Å²) >= 11 is 0. The molecule has 0 spiro atoms. The lowest BCUT2D eigenvalue weighted by Gasteiger charge is -2.29. The van der Waals surface area contributed by atoms with Crippen molar-refractivity contribution in [3.8, 4) is 23.0 Å². The molecule has 1 saturated carbocycles. The molecular formula is C26H27F3N8O. The zero-order valence-corrected chi connectivity index (χ0v) is 21.3. The molecule has 0 saturated heterocycles. The third-order valence-corrected chi connectivity index (χ3v) is 7.19. The van der Waals surface area contributed by atoms with Crippen LogP contribution in [0.2, 0.25) is 0 Å². The summed E-state index contributed by atoms with van der Waals surface area (Å²) in [6.45, 7) is 5.47. The normalized spacial score (nSPS) is 15.6. The number of hydrogen-bond acceptors (Lipinski definition) is 7. The maximum Gasteiger partial charge on any atom is 0.434 e. The Bertz CT molecular complexity index is 1490. The Morgan fingerprint density at radius 2 is 1.95 bits per heavy atom. The number of aromatic nitrogens is 7. The van der Waals surface area contributed by atoms with E-state index in [-0.39, 0.29) is 5.82 Å². The highest BCUT2D eigenvalue weighted by atomic mass is 19.4. The van der Waals surface area contributed by atoms with Crippen molar-refractivity contribution >= 4 is 5.82 Å². The van der Waals surface area contributed by atoms with Crippen LogP contribution < -0.4 is 9.64 Å². The Hall–Kier alpha value is -3.96. The van der Waals surface area contributed by atoms with Crippen molar-refractivity contribution in [1.82, 2.24) is 34.3 Å². The molecule has 38 heavy (non-hydrogen) atoms. The molecule has 6 rings (SSSR count). The molecule has 2 aliphatic rings. The van der Waals surface area contributed by atoms with Gasteiger partial charge in [0.25, 0.3) is 0 Å². The van der Waals surface area contributed by atoms with Crippen molar-refractivity contribution in [1.29, 1.82) is 0 Å². The first-order chi connectivity index (χ1) is 18.3. The van der Waals surface area contributed by atoms with Crippen LogP contribution in [0.25, 0.3) is 17.1 Å². The van der Waals surface area contributed by atoms with Gasteiger partial charge in [-0.2, -0.15) is 23.3 Å². The van der Waals surface area contributed by atoms with E-state index >= 15 is 0 Å². The number of aryl methyl sites for hydroxylation is 2. The Balaban J connectivity index is 1.32. The number of fused-ring (bicyclic) bond motifs is 1. The summed E-state index contributed by atoms with van der Waals surface area (Å²) in [6.07, 6.45) is 2.61. The fourth-order valence-electron chi connectivity index (χ4n) is 5.09. The smallest absolute Gasteiger partial charge is 0.434 e. The second-order valence-electron chi connectivity index (χ2n) is 9.62. The monoisotopic (exact) mass is 524 g/mol. The van der Waals surface area contributed by atoms with E-state index < -0.39 is 11.9 Å². The molecule has 0 bridgehead atoms. The molecule has 0 N–H and O–H groups in total. The van der Waals surface area contributed by atoms with Gasteiger partial charge in [-0.3, -0.25) is 0 Å². The van der Waals surface area contributed by atoms with Gasteiger partial charge in [-0.1, -0.05) is 0 Å². The maximum absolute atomic E-state index is 13.2. The maximum atomic E-state index is 13.2. The first-order valence-electron chi connectivity index (χ1n) is 12.6. The van der Waals surface area contributed by atoms with Crippen molar-refractivity contribution in [3.05, 3.63) is 59.2 Å². The predicted molar refractivity (Wildman–Crippen MR) is 133 cm³/mol. The van der Waals surface area contributed by atoms with Gasteiger partial charge in [0.2, 0.25) is 5.88 Å². The van der Waals surface area contributed by atoms with Crippen LogP contribution in [0.5, 0.6) is 5.88 Å². The van der Waals surface area contributed by atoms with Gasteiger partial charge in [0.15, 0.2) is 5.69 Å². The Kier molecular flexibility index (Phi) is 5.84. The first-order valence-corrected chi connectivity index (χ1v) is 12.6. The summed E-state index contributed by atoms with van der Waals surface area (Å²) in [6, 6.07) is 3.60. The number of imidazole rings is 1. The number of halogens is 3. The average Bonchev–Trinajstić information content (AvgIpc) is 3.59. The van der Waals surface area contributed by atoms with Gasteiger partial charge in [0, 0.05) is 42.5 Å². The second-order valence-corrected chi connectivity index (χ2v) is 9.62. The molecular weight excluding hydrogens is 497 g/mol. The summed E-state index contributed by atoms with van der Waals surface area (Å²) in [5.74, 6) is 1.85. The van der Waals surface area contributed by atoms with Gasteiger partial charge in [-0.05, 0) is 45.2 Å². The van der Waals surface area contributed by atoms with Crippen molar-refractivity contribution in [2.45, 2.75) is 58.3 Å². The Labute approximate surface area is 217 Å². The molecule has 5 heterocycles. The largest absolute Gasteiger partial charge is 0.479 e. The second kappa shape index (κ2) is 9.10. The number of ether oxygens (including phenoxy) is 1. The Morgan fingerprint density at radius 3 is 2.61 bits per heavy atom. The molecule has 1 aliphatic heterocycles. The van der Waals surface area contributed by atoms with E-state index in [2.05, 4.69) is 24.8 Å². The number of pyridine rings is 1. The third-order valence-electron chi connectivity index (χ3n) is 7.19. The van der Waals surface area contributed by atoms with Crippen LogP contribution in [-0.4, -0.2) is 47.9 Å². The quantitative estimate of drug-likeness (QED) is 0.361. The van der Waals surface area contributed by atoms with Crippen LogP contribution in [-0.2, 0) is 25.7 Å². The molecule has 0 amide bonds. The fraction of sp³-hybridized carbons (Fsp3) is 0.423. The number of alkyl halides is 3. The predicted octanol–water partition coefficient (Wildman–Crippen LogP) is 4.72. The molecule has 0 radical (unpaired) electrons. The first kappa shape index (κ1) is 24.4. The standard InChI is InChI=1S/C26H27F3N8O/c1-4-35-13-20(26(27,28)29)33-24(35)17-7-8-21(30-11-17)36-10-9-18-15(2)34-37(19(18)12-36)23-22(16-5-6-16)31-14-32-25(23)38-3/h7-8,11,13-14,16H,4-6,9-10,12H2,1-3H3. The summed E-state index contributed by atoms with van der Waals surface area (Å²) in [5.41, 5.74) is 4.55. The van der Waals surface area contributed by atoms with Gasteiger partial charge in [0.05, 0.1) is 30.7 Å². The third kappa shape index (κ3) is 4.17. The molecule has 198 valence electrons. The molecule has 0 atom stereocenters. The van der Waals surface area contributed by atoms with Gasteiger partial charge >= 0.3 is 6.18 Å². The number of anilines is 1. The number of hydrogen-bond donors (Lipinski definition) is 0. The van der Waals surface area contributed by atoms with Gasteiger partial charge < -0.3 is 14.2 Å². The minimum Gasteiger partial charge on any atom is -0.479 e. The molecule has 0 aromatic carbocycles. The van der Waals surface area contributed by atoms with Crippen LogP contribution in [0.15, 0.2) is 30.9 Å². The van der Waals surface area contributed by atoms with Crippen LogP contribution in [0.1, 0.15) is 54.0 Å². The number of methoxy groups -OCH3 is 1. The lowest BCUT2D eigenvalue weighted by atomic mass is 10.0. The molecule has 0 unspecified atom stereocenters. The van der Waals surface area contributed by atoms with E-state index in [0.717, 1.165) is 60.6 Å². The zero-order chi connectivity index (χ0) is 26.6. The molecule has 1 fully saturated rings. The average molecular weight is 525 g/mol. The minimum atomic E-state index is -4.50. The van der Waals surface area contributed by atoms with Crippen molar-refractivity contribution in [2.75, 3.05) is 18.6 Å². The van der Waals surface area contributed by atoms with Crippen molar-refractivity contribution in [2.24, 2.45) is 0 Å². The van der Waals surface area contributed by atoms with Gasteiger partial charge in [0.1, 0.15) is 23.7 Å². The number of nitrogens with zero attached hydrogens (tertiary/aromatic N) is 8. The van der Waals surface area contributed by atoms with Gasteiger partial charge in [-0.15, -0.1) is 0 Å².